The minimum absolute atomic E-state index is 0.538. The molecule has 0 aromatic carbocycles. The molecule has 0 amide bonds. The van der Waals surface area contributed by atoms with Gasteiger partial charge >= 0.3 is 0 Å². The summed E-state index contributed by atoms with van der Waals surface area (Å²) in [5.41, 5.74) is 0.937. The molecule has 0 unspecified atom stereocenters. The van der Waals surface area contributed by atoms with Crippen molar-refractivity contribution in [3.05, 3.63) is 10.8 Å². The van der Waals surface area contributed by atoms with Crippen LogP contribution in [0.1, 0.15) is 43.4 Å². The van der Waals surface area contributed by atoms with Crippen molar-refractivity contribution in [3.8, 4) is 0 Å². The number of aromatic nitrogens is 3. The second kappa shape index (κ2) is 5.04. The molecule has 5 heteroatoms. The molecule has 1 saturated carbocycles. The zero-order valence-electron chi connectivity index (χ0n) is 11.7. The van der Waals surface area contributed by atoms with Crippen LogP contribution < -0.4 is 5.32 Å². The third-order valence-electron chi connectivity index (χ3n) is 3.83. The first-order chi connectivity index (χ1) is 9.11. The summed E-state index contributed by atoms with van der Waals surface area (Å²) in [5.74, 6) is 2.61. The van der Waals surface area contributed by atoms with Gasteiger partial charge in [0, 0.05) is 6.04 Å². The Hall–Kier alpha value is -1.23. The van der Waals surface area contributed by atoms with Crippen LogP contribution in [0.3, 0.4) is 0 Å². The lowest BCUT2D eigenvalue weighted by Gasteiger charge is -2.27. The van der Waals surface area contributed by atoms with E-state index in [9.17, 15) is 0 Å². The van der Waals surface area contributed by atoms with Gasteiger partial charge in [0.05, 0.1) is 5.01 Å². The lowest BCUT2D eigenvalue weighted by molar-refractivity contribution is 0.361. The molecule has 2 aromatic heterocycles. The van der Waals surface area contributed by atoms with Gasteiger partial charge < -0.3 is 5.32 Å². The summed E-state index contributed by atoms with van der Waals surface area (Å²) in [6, 6.07) is 0.538. The average Bonchev–Trinajstić information content (AvgIpc) is 2.72. The van der Waals surface area contributed by atoms with Gasteiger partial charge in [0.25, 0.3) is 0 Å². The summed E-state index contributed by atoms with van der Waals surface area (Å²) >= 11 is 1.64. The van der Waals surface area contributed by atoms with E-state index in [2.05, 4.69) is 27.2 Å². The molecule has 0 aliphatic heterocycles. The van der Waals surface area contributed by atoms with Crippen LogP contribution in [0.25, 0.3) is 10.3 Å². The molecule has 1 aliphatic carbocycles. The maximum absolute atomic E-state index is 4.57. The zero-order chi connectivity index (χ0) is 13.4. The molecule has 1 fully saturated rings. The van der Waals surface area contributed by atoms with Crippen molar-refractivity contribution in [2.75, 3.05) is 5.32 Å². The highest BCUT2D eigenvalue weighted by Gasteiger charge is 2.20. The molecule has 0 spiro atoms. The Morgan fingerprint density at radius 3 is 2.53 bits per heavy atom. The summed E-state index contributed by atoms with van der Waals surface area (Å²) in [4.78, 5) is 14.6. The number of hydrogen-bond donors (Lipinski definition) is 1. The van der Waals surface area contributed by atoms with E-state index >= 15 is 0 Å². The topological polar surface area (TPSA) is 50.7 Å². The standard InChI is InChI=1S/C14H20N4S/c1-8-4-6-11(7-5-8)18-13-12-14(16-9(2)15-13)19-10(3)17-12/h8,11H,4-7H2,1-3H3,(H,15,16,18)/t8-,11-. The van der Waals surface area contributed by atoms with Crippen LogP contribution in [0, 0.1) is 19.8 Å². The van der Waals surface area contributed by atoms with Crippen molar-refractivity contribution in [1.29, 1.82) is 0 Å². The lowest BCUT2D eigenvalue weighted by Crippen LogP contribution is -2.26. The van der Waals surface area contributed by atoms with Gasteiger partial charge in [-0.2, -0.15) is 0 Å². The predicted octanol–water partition coefficient (Wildman–Crippen LogP) is 3.69. The summed E-state index contributed by atoms with van der Waals surface area (Å²) in [5, 5.41) is 4.64. The first kappa shape index (κ1) is 12.8. The Balaban J connectivity index is 1.87. The van der Waals surface area contributed by atoms with Crippen LogP contribution in [-0.4, -0.2) is 21.0 Å². The molecule has 102 valence electrons. The quantitative estimate of drug-likeness (QED) is 0.908. The number of nitrogens with one attached hydrogen (secondary N) is 1. The molecule has 2 heterocycles. The second-order valence-electron chi connectivity index (χ2n) is 5.61. The van der Waals surface area contributed by atoms with Gasteiger partial charge in [0.2, 0.25) is 0 Å². The van der Waals surface area contributed by atoms with Gasteiger partial charge in [-0.05, 0) is 45.4 Å². The van der Waals surface area contributed by atoms with Gasteiger partial charge in [0.1, 0.15) is 16.2 Å². The SMILES string of the molecule is Cc1nc(N[C@H]2CC[C@H](C)CC2)c2nc(C)sc2n1. The maximum atomic E-state index is 4.57. The van der Waals surface area contributed by atoms with E-state index < -0.39 is 0 Å². The number of nitrogens with zero attached hydrogens (tertiary/aromatic N) is 3. The highest BCUT2D eigenvalue weighted by atomic mass is 32.1. The Morgan fingerprint density at radius 1 is 1.05 bits per heavy atom. The fourth-order valence-electron chi connectivity index (χ4n) is 2.73. The van der Waals surface area contributed by atoms with E-state index in [0.717, 1.165) is 32.9 Å². The Labute approximate surface area is 117 Å². The first-order valence-electron chi connectivity index (χ1n) is 7.00. The molecule has 0 radical (unpaired) electrons. The molecule has 0 atom stereocenters. The number of hydrogen-bond acceptors (Lipinski definition) is 5. The van der Waals surface area contributed by atoms with E-state index in [-0.39, 0.29) is 0 Å². The van der Waals surface area contributed by atoms with Crippen LogP contribution in [0.2, 0.25) is 0 Å². The third-order valence-corrected chi connectivity index (χ3v) is 4.70. The van der Waals surface area contributed by atoms with E-state index in [4.69, 9.17) is 0 Å². The molecule has 4 nitrogen and oxygen atoms in total. The molecule has 19 heavy (non-hydrogen) atoms. The van der Waals surface area contributed by atoms with Crippen LogP contribution in [0.5, 0.6) is 0 Å². The Kier molecular flexibility index (Phi) is 3.39. The summed E-state index contributed by atoms with van der Waals surface area (Å²) in [6.07, 6.45) is 5.07. The van der Waals surface area contributed by atoms with Crippen LogP contribution in [-0.2, 0) is 0 Å². The smallest absolute Gasteiger partial charge is 0.157 e. The average molecular weight is 276 g/mol. The minimum Gasteiger partial charge on any atom is -0.365 e. The maximum Gasteiger partial charge on any atom is 0.157 e. The fourth-order valence-corrected chi connectivity index (χ4v) is 3.56. The fraction of sp³-hybridized carbons (Fsp3) is 0.643. The van der Waals surface area contributed by atoms with Crippen molar-refractivity contribution >= 4 is 27.5 Å². The highest BCUT2D eigenvalue weighted by Crippen LogP contribution is 2.29. The number of fused-ring (bicyclic) bond motifs is 1. The molecular formula is C14H20N4S. The summed E-state index contributed by atoms with van der Waals surface area (Å²) < 4.78 is 0. The third kappa shape index (κ3) is 2.71. The largest absolute Gasteiger partial charge is 0.365 e. The van der Waals surface area contributed by atoms with Crippen LogP contribution in [0.15, 0.2) is 0 Å². The van der Waals surface area contributed by atoms with E-state index in [0.29, 0.717) is 6.04 Å². The van der Waals surface area contributed by atoms with E-state index in [1.54, 1.807) is 11.3 Å². The number of rotatable bonds is 2. The summed E-state index contributed by atoms with van der Waals surface area (Å²) in [6.45, 7) is 6.31. The van der Waals surface area contributed by atoms with E-state index in [1.165, 1.54) is 25.7 Å². The van der Waals surface area contributed by atoms with Gasteiger partial charge in [-0.15, -0.1) is 0 Å². The van der Waals surface area contributed by atoms with Crippen molar-refractivity contribution < 1.29 is 0 Å². The van der Waals surface area contributed by atoms with Crippen LogP contribution in [0.4, 0.5) is 5.82 Å². The number of anilines is 1. The van der Waals surface area contributed by atoms with Crippen molar-refractivity contribution in [2.24, 2.45) is 5.92 Å². The first-order valence-corrected chi connectivity index (χ1v) is 7.82. The molecule has 0 saturated heterocycles. The van der Waals surface area contributed by atoms with Gasteiger partial charge in [-0.3, -0.25) is 0 Å². The second-order valence-corrected chi connectivity index (χ2v) is 6.79. The normalized spacial score (nSPS) is 23.7. The monoisotopic (exact) mass is 276 g/mol. The van der Waals surface area contributed by atoms with Gasteiger partial charge in [0.15, 0.2) is 5.82 Å². The molecule has 2 aromatic rings. The molecule has 1 N–H and O–H groups in total. The van der Waals surface area contributed by atoms with Gasteiger partial charge in [-0.1, -0.05) is 18.3 Å². The number of aryl methyl sites for hydroxylation is 2. The molecule has 3 rings (SSSR count). The summed E-state index contributed by atoms with van der Waals surface area (Å²) in [7, 11) is 0. The predicted molar refractivity (Wildman–Crippen MR) is 79.7 cm³/mol. The minimum atomic E-state index is 0.538. The van der Waals surface area contributed by atoms with Crippen molar-refractivity contribution in [3.63, 3.8) is 0 Å². The molecule has 0 bridgehead atoms. The van der Waals surface area contributed by atoms with Crippen molar-refractivity contribution in [1.82, 2.24) is 15.0 Å². The molecular weight excluding hydrogens is 256 g/mol. The Morgan fingerprint density at radius 2 is 1.79 bits per heavy atom. The number of thiazole rings is 1. The highest BCUT2D eigenvalue weighted by molar-refractivity contribution is 7.18. The zero-order valence-corrected chi connectivity index (χ0v) is 12.5. The van der Waals surface area contributed by atoms with Crippen molar-refractivity contribution in [2.45, 2.75) is 52.5 Å². The van der Waals surface area contributed by atoms with E-state index in [1.807, 2.05) is 13.8 Å². The Bertz CT molecular complexity index is 584. The van der Waals surface area contributed by atoms with Crippen LogP contribution >= 0.6 is 11.3 Å². The molecule has 1 aliphatic rings. The lowest BCUT2D eigenvalue weighted by atomic mass is 9.87. The van der Waals surface area contributed by atoms with Gasteiger partial charge in [-0.25, -0.2) is 15.0 Å².